The minimum Gasteiger partial charge on any atom is -0.479 e. The number of azo groups is 1. The molecular weight excluding hydrogens is 335 g/mol. The predicted molar refractivity (Wildman–Crippen MR) is 88.9 cm³/mol. The number of carbonyl (C=O) groups is 1. The molecule has 5 nitrogen and oxygen atoms in total. The Kier molecular flexibility index (Phi) is 6.03. The van der Waals surface area contributed by atoms with Crippen LogP contribution in [0.3, 0.4) is 0 Å². The van der Waals surface area contributed by atoms with E-state index in [4.69, 9.17) is 21.4 Å². The molecular formula is C17H14ClFN2O3. The summed E-state index contributed by atoms with van der Waals surface area (Å²) in [5.74, 6) is -1.12. The number of carboxylic acid groups (broad SMARTS) is 1. The summed E-state index contributed by atoms with van der Waals surface area (Å²) >= 11 is 5.46. The van der Waals surface area contributed by atoms with Gasteiger partial charge in [0.25, 0.3) is 0 Å². The van der Waals surface area contributed by atoms with E-state index < -0.39 is 17.3 Å². The Morgan fingerprint density at radius 3 is 2.67 bits per heavy atom. The average molecular weight is 349 g/mol. The second kappa shape index (κ2) is 8.21. The maximum atomic E-state index is 13.4. The van der Waals surface area contributed by atoms with Crippen molar-refractivity contribution in [3.8, 4) is 5.75 Å². The van der Waals surface area contributed by atoms with Crippen molar-refractivity contribution < 1.29 is 19.0 Å². The van der Waals surface area contributed by atoms with Gasteiger partial charge in [-0.1, -0.05) is 41.9 Å². The van der Waals surface area contributed by atoms with Crippen molar-refractivity contribution in [2.24, 2.45) is 10.2 Å². The van der Waals surface area contributed by atoms with Gasteiger partial charge < -0.3 is 9.84 Å². The lowest BCUT2D eigenvalue weighted by Crippen LogP contribution is -2.08. The quantitative estimate of drug-likeness (QED) is 0.345. The van der Waals surface area contributed by atoms with Crippen molar-refractivity contribution in [2.75, 3.05) is 0 Å². The van der Waals surface area contributed by atoms with Gasteiger partial charge in [0.2, 0.25) is 5.50 Å². The maximum Gasteiger partial charge on any atom is 0.345 e. The van der Waals surface area contributed by atoms with Gasteiger partial charge in [-0.25, -0.2) is 9.18 Å². The van der Waals surface area contributed by atoms with E-state index in [0.717, 1.165) is 11.6 Å². The van der Waals surface area contributed by atoms with Crippen LogP contribution in [0.5, 0.6) is 5.75 Å². The molecule has 0 aromatic heterocycles. The highest BCUT2D eigenvalue weighted by Crippen LogP contribution is 2.31. The van der Waals surface area contributed by atoms with Gasteiger partial charge in [-0.15, -0.1) is 5.11 Å². The van der Waals surface area contributed by atoms with Gasteiger partial charge in [-0.3, -0.25) is 0 Å². The molecule has 2 aromatic carbocycles. The fraction of sp³-hybridized carbons (Fsp3) is 0.118. The third-order valence-corrected chi connectivity index (χ3v) is 3.11. The number of rotatable bonds is 6. The van der Waals surface area contributed by atoms with E-state index in [2.05, 4.69) is 10.2 Å². The molecule has 0 aliphatic carbocycles. The Bertz CT molecular complexity index is 779. The van der Waals surface area contributed by atoms with Gasteiger partial charge in [0, 0.05) is 6.07 Å². The van der Waals surface area contributed by atoms with Gasteiger partial charge in [0.15, 0.2) is 5.75 Å². The Labute approximate surface area is 143 Å². The molecule has 0 radical (unpaired) electrons. The summed E-state index contributed by atoms with van der Waals surface area (Å²) in [7, 11) is 0. The lowest BCUT2D eigenvalue weighted by molar-refractivity contribution is -0.136. The zero-order valence-corrected chi connectivity index (χ0v) is 13.4. The number of hydrogen-bond acceptors (Lipinski definition) is 4. The molecule has 0 saturated heterocycles. The first kappa shape index (κ1) is 17.6. The van der Waals surface area contributed by atoms with E-state index in [0.29, 0.717) is 5.76 Å². The van der Waals surface area contributed by atoms with Gasteiger partial charge in [0.1, 0.15) is 17.3 Å². The molecule has 2 rings (SSSR count). The van der Waals surface area contributed by atoms with Gasteiger partial charge in [-0.05, 0) is 30.7 Å². The van der Waals surface area contributed by atoms with Crippen molar-refractivity contribution in [1.29, 1.82) is 0 Å². The van der Waals surface area contributed by atoms with Crippen molar-refractivity contribution in [3.05, 3.63) is 65.7 Å². The SMILES string of the molecule is CC(=Cc1ccccc1)Oc1ccc(F)cc1N=NC(Cl)C(=O)O. The van der Waals surface area contributed by atoms with Crippen LogP contribution in [0.1, 0.15) is 12.5 Å². The molecule has 0 fully saturated rings. The molecule has 0 spiro atoms. The van der Waals surface area contributed by atoms with Crippen LogP contribution in [-0.4, -0.2) is 16.6 Å². The zero-order chi connectivity index (χ0) is 17.5. The van der Waals surface area contributed by atoms with Crippen LogP contribution >= 0.6 is 11.6 Å². The minimum atomic E-state index is -1.55. The molecule has 0 saturated carbocycles. The largest absolute Gasteiger partial charge is 0.479 e. The third kappa shape index (κ3) is 5.17. The zero-order valence-electron chi connectivity index (χ0n) is 12.7. The average Bonchev–Trinajstić information content (AvgIpc) is 2.55. The molecule has 24 heavy (non-hydrogen) atoms. The van der Waals surface area contributed by atoms with Crippen LogP contribution in [0.4, 0.5) is 10.1 Å². The summed E-state index contributed by atoms with van der Waals surface area (Å²) in [5, 5.41) is 15.8. The second-order valence-corrected chi connectivity index (χ2v) is 5.18. The Morgan fingerprint density at radius 1 is 1.29 bits per heavy atom. The molecule has 0 heterocycles. The van der Waals surface area contributed by atoms with E-state index in [9.17, 15) is 9.18 Å². The van der Waals surface area contributed by atoms with E-state index in [1.165, 1.54) is 12.1 Å². The van der Waals surface area contributed by atoms with Crippen molar-refractivity contribution in [2.45, 2.75) is 12.4 Å². The number of allylic oxidation sites excluding steroid dienone is 1. The summed E-state index contributed by atoms with van der Waals surface area (Å²) in [6.07, 6.45) is 1.80. The summed E-state index contributed by atoms with van der Waals surface area (Å²) in [6, 6.07) is 13.2. The van der Waals surface area contributed by atoms with E-state index in [1.54, 1.807) is 13.0 Å². The highest BCUT2D eigenvalue weighted by atomic mass is 35.5. The smallest absolute Gasteiger partial charge is 0.345 e. The second-order valence-electron chi connectivity index (χ2n) is 4.77. The maximum absolute atomic E-state index is 13.4. The third-order valence-electron chi connectivity index (χ3n) is 2.83. The molecule has 0 aliphatic heterocycles. The van der Waals surface area contributed by atoms with Gasteiger partial charge in [-0.2, -0.15) is 5.11 Å². The number of halogens is 2. The number of benzene rings is 2. The fourth-order valence-corrected chi connectivity index (χ4v) is 1.85. The van der Waals surface area contributed by atoms with Gasteiger partial charge in [0.05, 0.1) is 0 Å². The summed E-state index contributed by atoms with van der Waals surface area (Å²) in [4.78, 5) is 10.7. The standard InChI is InChI=1S/C17H14ClFN2O3/c1-11(9-12-5-3-2-4-6-12)24-15-8-7-13(19)10-14(15)20-21-16(18)17(22)23/h2-10,16H,1H3,(H,22,23). The number of aliphatic carboxylic acids is 1. The Hall–Kier alpha value is -2.73. The molecule has 1 N–H and O–H groups in total. The van der Waals surface area contributed by atoms with E-state index in [1.807, 2.05) is 30.3 Å². The Balaban J connectivity index is 2.24. The first-order valence-electron chi connectivity index (χ1n) is 6.94. The van der Waals surface area contributed by atoms with Gasteiger partial charge >= 0.3 is 5.97 Å². The van der Waals surface area contributed by atoms with Crippen LogP contribution in [0.25, 0.3) is 6.08 Å². The summed E-state index contributed by atoms with van der Waals surface area (Å²) < 4.78 is 19.0. The highest BCUT2D eigenvalue weighted by molar-refractivity contribution is 6.29. The number of alkyl halides is 1. The molecule has 0 aliphatic rings. The fourth-order valence-electron chi connectivity index (χ4n) is 1.80. The highest BCUT2D eigenvalue weighted by Gasteiger charge is 2.12. The summed E-state index contributed by atoms with van der Waals surface area (Å²) in [5.41, 5.74) is -0.572. The number of carboxylic acids is 1. The van der Waals surface area contributed by atoms with E-state index >= 15 is 0 Å². The normalized spacial score (nSPS) is 13.0. The monoisotopic (exact) mass is 348 g/mol. The van der Waals surface area contributed by atoms with Crippen LogP contribution in [0.15, 0.2) is 64.5 Å². The van der Waals surface area contributed by atoms with Crippen LogP contribution in [0.2, 0.25) is 0 Å². The number of hydrogen-bond donors (Lipinski definition) is 1. The van der Waals surface area contributed by atoms with Crippen molar-refractivity contribution >= 4 is 29.3 Å². The van der Waals surface area contributed by atoms with Crippen LogP contribution < -0.4 is 4.74 Å². The number of ether oxygens (including phenoxy) is 1. The molecule has 7 heteroatoms. The predicted octanol–water partition coefficient (Wildman–Crippen LogP) is 5.00. The summed E-state index contributed by atoms with van der Waals surface area (Å²) in [6.45, 7) is 1.74. The molecule has 2 aromatic rings. The van der Waals surface area contributed by atoms with Crippen LogP contribution in [-0.2, 0) is 4.79 Å². The van der Waals surface area contributed by atoms with Crippen LogP contribution in [0, 0.1) is 5.82 Å². The van der Waals surface area contributed by atoms with Crippen molar-refractivity contribution in [3.63, 3.8) is 0 Å². The molecule has 0 bridgehead atoms. The lowest BCUT2D eigenvalue weighted by Gasteiger charge is -2.08. The lowest BCUT2D eigenvalue weighted by atomic mass is 10.2. The first-order chi connectivity index (χ1) is 11.5. The first-order valence-corrected chi connectivity index (χ1v) is 7.38. The molecule has 124 valence electrons. The molecule has 0 amide bonds. The Morgan fingerprint density at radius 2 is 2.00 bits per heavy atom. The number of nitrogens with zero attached hydrogens (tertiary/aromatic N) is 2. The minimum absolute atomic E-state index is 0.0442. The molecule has 1 unspecified atom stereocenters. The topological polar surface area (TPSA) is 71.2 Å². The van der Waals surface area contributed by atoms with E-state index in [-0.39, 0.29) is 11.4 Å². The molecule has 1 atom stereocenters. The van der Waals surface area contributed by atoms with Crippen molar-refractivity contribution in [1.82, 2.24) is 0 Å².